The van der Waals surface area contributed by atoms with Gasteiger partial charge in [-0.15, -0.1) is 15.3 Å². The largest absolute Gasteiger partial charge is 0.438 e. The summed E-state index contributed by atoms with van der Waals surface area (Å²) in [6.45, 7) is 0.0387. The van der Waals surface area contributed by atoms with Crippen molar-refractivity contribution >= 4 is 34.8 Å². The van der Waals surface area contributed by atoms with Crippen LogP contribution in [-0.2, 0) is 0 Å². The van der Waals surface area contributed by atoms with Crippen LogP contribution in [0.5, 0.6) is 11.6 Å². The van der Waals surface area contributed by atoms with Crippen molar-refractivity contribution in [3.05, 3.63) is 70.2 Å². The zero-order valence-corrected chi connectivity index (χ0v) is 16.9. The number of rotatable bonds is 6. The van der Waals surface area contributed by atoms with E-state index >= 15 is 0 Å². The van der Waals surface area contributed by atoms with Crippen LogP contribution in [0, 0.1) is 0 Å². The number of nitrogens with zero attached hydrogens (tertiary/aromatic N) is 4. The molecule has 4 rings (SSSR count). The van der Waals surface area contributed by atoms with Crippen LogP contribution in [0.25, 0.3) is 17.0 Å². The van der Waals surface area contributed by atoms with Gasteiger partial charge in [0.25, 0.3) is 5.91 Å². The van der Waals surface area contributed by atoms with Gasteiger partial charge in [0.2, 0.25) is 5.88 Å². The smallest absolute Gasteiger partial charge is 0.251 e. The third kappa shape index (κ3) is 4.35. The lowest BCUT2D eigenvalue weighted by atomic mass is 10.2. The van der Waals surface area contributed by atoms with E-state index in [2.05, 4.69) is 20.6 Å². The molecule has 4 aromatic rings. The minimum absolute atomic E-state index is 0.134. The van der Waals surface area contributed by atoms with E-state index in [1.54, 1.807) is 54.6 Å². The molecular formula is C20H15Cl2N5O3. The number of carbonyl (C=O) groups excluding carboxylic acids is 1. The molecule has 30 heavy (non-hydrogen) atoms. The van der Waals surface area contributed by atoms with Crippen LogP contribution < -0.4 is 10.1 Å². The molecule has 2 aromatic heterocycles. The van der Waals surface area contributed by atoms with Crippen molar-refractivity contribution in [1.29, 1.82) is 0 Å². The van der Waals surface area contributed by atoms with Gasteiger partial charge < -0.3 is 15.2 Å². The lowest BCUT2D eigenvalue weighted by Gasteiger charge is -2.08. The normalized spacial score (nSPS) is 10.9. The van der Waals surface area contributed by atoms with Crippen LogP contribution in [0.15, 0.2) is 54.6 Å². The van der Waals surface area contributed by atoms with Crippen LogP contribution in [-0.4, -0.2) is 44.0 Å². The number of fused-ring (bicyclic) bond motifs is 1. The second-order valence-electron chi connectivity index (χ2n) is 6.23. The van der Waals surface area contributed by atoms with Gasteiger partial charge in [-0.05, 0) is 42.5 Å². The summed E-state index contributed by atoms with van der Waals surface area (Å²) in [7, 11) is 0. The van der Waals surface area contributed by atoms with E-state index in [0.717, 1.165) is 0 Å². The molecule has 0 aliphatic rings. The molecule has 1 amide bonds. The number of ether oxygens (including phenoxy) is 1. The molecule has 0 unspecified atom stereocenters. The highest BCUT2D eigenvalue weighted by atomic mass is 35.5. The highest BCUT2D eigenvalue weighted by molar-refractivity contribution is 6.35. The molecule has 0 fully saturated rings. The van der Waals surface area contributed by atoms with E-state index in [4.69, 9.17) is 33.0 Å². The zero-order chi connectivity index (χ0) is 21.1. The van der Waals surface area contributed by atoms with Crippen LogP contribution in [0.4, 0.5) is 0 Å². The fourth-order valence-corrected chi connectivity index (χ4v) is 3.31. The fourth-order valence-electron chi connectivity index (χ4n) is 2.78. The van der Waals surface area contributed by atoms with Gasteiger partial charge in [-0.25, -0.2) is 0 Å². The van der Waals surface area contributed by atoms with Crippen LogP contribution in [0.2, 0.25) is 10.0 Å². The van der Waals surface area contributed by atoms with Gasteiger partial charge in [0.1, 0.15) is 5.75 Å². The van der Waals surface area contributed by atoms with Gasteiger partial charge in [0.05, 0.1) is 6.61 Å². The van der Waals surface area contributed by atoms with Crippen molar-refractivity contribution in [3.8, 4) is 23.0 Å². The molecular weight excluding hydrogens is 429 g/mol. The number of amides is 1. The predicted molar refractivity (Wildman–Crippen MR) is 112 cm³/mol. The molecule has 0 spiro atoms. The molecule has 10 heteroatoms. The number of hydrogen-bond acceptors (Lipinski definition) is 6. The Bertz CT molecular complexity index is 1210. The van der Waals surface area contributed by atoms with E-state index in [0.29, 0.717) is 38.4 Å². The van der Waals surface area contributed by atoms with Gasteiger partial charge >= 0.3 is 0 Å². The van der Waals surface area contributed by atoms with Crippen molar-refractivity contribution in [2.45, 2.75) is 0 Å². The van der Waals surface area contributed by atoms with Crippen LogP contribution >= 0.6 is 23.2 Å². The monoisotopic (exact) mass is 443 g/mol. The van der Waals surface area contributed by atoms with Crippen LogP contribution in [0.3, 0.4) is 0 Å². The first-order valence-electron chi connectivity index (χ1n) is 8.89. The first-order valence-corrected chi connectivity index (χ1v) is 9.65. The number of benzene rings is 2. The van der Waals surface area contributed by atoms with Crippen LogP contribution in [0.1, 0.15) is 10.4 Å². The number of aromatic nitrogens is 4. The second kappa shape index (κ2) is 8.66. The predicted octanol–water partition coefficient (Wildman–Crippen LogP) is 3.61. The van der Waals surface area contributed by atoms with Gasteiger partial charge in [0.15, 0.2) is 11.5 Å². The summed E-state index contributed by atoms with van der Waals surface area (Å²) in [5.41, 5.74) is 1.58. The summed E-state index contributed by atoms with van der Waals surface area (Å²) in [5.74, 6) is 0.859. The topological polar surface area (TPSA) is 102 Å². The van der Waals surface area contributed by atoms with E-state index < -0.39 is 0 Å². The summed E-state index contributed by atoms with van der Waals surface area (Å²) >= 11 is 12.2. The quantitative estimate of drug-likeness (QED) is 0.471. The lowest BCUT2D eigenvalue weighted by Crippen LogP contribution is -2.26. The van der Waals surface area contributed by atoms with Gasteiger partial charge in [-0.1, -0.05) is 29.3 Å². The Morgan fingerprint density at radius 3 is 2.63 bits per heavy atom. The van der Waals surface area contributed by atoms with E-state index in [9.17, 15) is 4.79 Å². The van der Waals surface area contributed by atoms with Crippen molar-refractivity contribution in [2.24, 2.45) is 0 Å². The lowest BCUT2D eigenvalue weighted by molar-refractivity contribution is 0.0944. The minimum atomic E-state index is -0.308. The maximum atomic E-state index is 12.1. The standard InChI is InChI=1S/C20H15Cl2N5O3/c21-14-8-13(9-15(22)11-14)19-25-24-17-4-5-18(26-27(17)19)30-16-3-1-2-12(10-16)20(29)23-6-7-28/h1-5,8-11,28H,6-7H2,(H,23,29). The maximum absolute atomic E-state index is 12.1. The van der Waals surface area contributed by atoms with E-state index in [1.165, 1.54) is 4.52 Å². The molecule has 0 saturated carbocycles. The molecule has 152 valence electrons. The third-order valence-corrected chi connectivity index (χ3v) is 4.51. The maximum Gasteiger partial charge on any atom is 0.251 e. The van der Waals surface area contributed by atoms with E-state index in [-0.39, 0.29) is 24.9 Å². The van der Waals surface area contributed by atoms with Crippen molar-refractivity contribution in [1.82, 2.24) is 25.1 Å². The molecule has 0 aliphatic carbocycles. The number of hydrogen-bond donors (Lipinski definition) is 2. The Morgan fingerprint density at radius 2 is 1.87 bits per heavy atom. The number of nitrogens with one attached hydrogen (secondary N) is 1. The molecule has 0 radical (unpaired) electrons. The second-order valence-corrected chi connectivity index (χ2v) is 7.11. The SMILES string of the molecule is O=C(NCCO)c1cccc(Oc2ccc3nnc(-c4cc(Cl)cc(Cl)c4)n3n2)c1. The molecule has 2 aromatic carbocycles. The zero-order valence-electron chi connectivity index (χ0n) is 15.4. The molecule has 0 bridgehead atoms. The molecule has 0 saturated heterocycles. The number of halogens is 2. The minimum Gasteiger partial charge on any atom is -0.438 e. The Labute approximate surface area is 181 Å². The summed E-state index contributed by atoms with van der Waals surface area (Å²) < 4.78 is 7.34. The molecule has 0 aliphatic heterocycles. The summed E-state index contributed by atoms with van der Waals surface area (Å²) in [4.78, 5) is 12.1. The number of aliphatic hydroxyl groups excluding tert-OH is 1. The van der Waals surface area contributed by atoms with Crippen molar-refractivity contribution in [2.75, 3.05) is 13.2 Å². The number of aliphatic hydroxyl groups is 1. The van der Waals surface area contributed by atoms with Gasteiger partial charge in [-0.3, -0.25) is 4.79 Å². The number of carbonyl (C=O) groups is 1. The molecule has 2 heterocycles. The first kappa shape index (κ1) is 20.1. The summed E-state index contributed by atoms with van der Waals surface area (Å²) in [6.07, 6.45) is 0. The molecule has 8 nitrogen and oxygen atoms in total. The van der Waals surface area contributed by atoms with Crippen molar-refractivity contribution in [3.63, 3.8) is 0 Å². The Balaban J connectivity index is 1.64. The Hall–Kier alpha value is -3.20. The highest BCUT2D eigenvalue weighted by Crippen LogP contribution is 2.27. The summed E-state index contributed by atoms with van der Waals surface area (Å²) in [6, 6.07) is 15.1. The third-order valence-electron chi connectivity index (χ3n) is 4.08. The molecule has 0 atom stereocenters. The average molecular weight is 444 g/mol. The summed E-state index contributed by atoms with van der Waals surface area (Å²) in [5, 5.41) is 25.1. The molecule has 2 N–H and O–H groups in total. The Kier molecular flexibility index (Phi) is 5.80. The van der Waals surface area contributed by atoms with Crippen molar-refractivity contribution < 1.29 is 14.6 Å². The Morgan fingerprint density at radius 1 is 1.07 bits per heavy atom. The first-order chi connectivity index (χ1) is 14.5. The fraction of sp³-hybridized carbons (Fsp3) is 0.100. The van der Waals surface area contributed by atoms with Gasteiger partial charge in [-0.2, -0.15) is 4.52 Å². The highest BCUT2D eigenvalue weighted by Gasteiger charge is 2.13. The van der Waals surface area contributed by atoms with E-state index in [1.807, 2.05) is 0 Å². The average Bonchev–Trinajstić information content (AvgIpc) is 3.15. The van der Waals surface area contributed by atoms with Gasteiger partial charge in [0, 0.05) is 33.8 Å².